The Balaban J connectivity index is 2.52. The Morgan fingerprint density at radius 2 is 1.70 bits per heavy atom. The smallest absolute Gasteiger partial charge is 0.0254 e. The summed E-state index contributed by atoms with van der Waals surface area (Å²) in [5.74, 6) is 1.70. The van der Waals surface area contributed by atoms with Crippen molar-refractivity contribution < 1.29 is 0 Å². The second-order valence-electron chi connectivity index (χ2n) is 3.47. The predicted molar refractivity (Wildman–Crippen MR) is 58.1 cm³/mol. The van der Waals surface area contributed by atoms with Gasteiger partial charge in [0.15, 0.2) is 0 Å². The lowest BCUT2D eigenvalue weighted by atomic mass is 9.83. The maximum Gasteiger partial charge on any atom is 0.0254 e. The van der Waals surface area contributed by atoms with E-state index in [9.17, 15) is 0 Å². The highest BCUT2D eigenvalue weighted by molar-refractivity contribution is 14.1. The average molecular weight is 270 g/mol. The molecule has 0 radical (unpaired) electrons. The van der Waals surface area contributed by atoms with Gasteiger partial charge in [-0.25, -0.2) is 0 Å². The molecule has 2 heteroatoms. The van der Waals surface area contributed by atoms with Crippen LogP contribution in [0.3, 0.4) is 0 Å². The van der Waals surface area contributed by atoms with E-state index in [1.54, 1.807) is 0 Å². The van der Waals surface area contributed by atoms with Crippen LogP contribution < -0.4 is 0 Å². The van der Waals surface area contributed by atoms with Crippen LogP contribution in [0.5, 0.6) is 0 Å². The Bertz CT molecular complexity index is 102. The van der Waals surface area contributed by atoms with Crippen LogP contribution in [0.15, 0.2) is 0 Å². The number of thiol groups is 1. The number of alkyl halides is 1. The number of rotatable bonds is 0. The van der Waals surface area contributed by atoms with Gasteiger partial charge in [-0.15, -0.1) is 0 Å². The highest BCUT2D eigenvalue weighted by atomic mass is 127. The van der Waals surface area contributed by atoms with E-state index in [2.05, 4.69) is 49.1 Å². The van der Waals surface area contributed by atoms with E-state index in [0.29, 0.717) is 5.25 Å². The molecule has 1 aliphatic carbocycles. The van der Waals surface area contributed by atoms with Gasteiger partial charge in [0, 0.05) is 9.17 Å². The summed E-state index contributed by atoms with van der Waals surface area (Å²) < 4.78 is 0.782. The molecule has 0 spiro atoms. The first-order chi connectivity index (χ1) is 4.63. The molecule has 0 aromatic carbocycles. The van der Waals surface area contributed by atoms with Crippen LogP contribution in [-0.2, 0) is 0 Å². The summed E-state index contributed by atoms with van der Waals surface area (Å²) in [5, 5.41) is 0.629. The first kappa shape index (κ1) is 9.17. The van der Waals surface area contributed by atoms with Crippen molar-refractivity contribution in [3.63, 3.8) is 0 Å². The summed E-state index contributed by atoms with van der Waals surface area (Å²) in [6.45, 7) is 4.65. The molecule has 4 atom stereocenters. The Kier molecular flexibility index (Phi) is 3.35. The van der Waals surface area contributed by atoms with Gasteiger partial charge in [-0.2, -0.15) is 12.6 Å². The van der Waals surface area contributed by atoms with Crippen molar-refractivity contribution in [1.82, 2.24) is 0 Å². The maximum atomic E-state index is 4.60. The van der Waals surface area contributed by atoms with Crippen molar-refractivity contribution in [2.45, 2.75) is 35.9 Å². The molecule has 1 aliphatic rings. The normalized spacial score (nSPS) is 49.2. The molecule has 0 heterocycles. The Labute approximate surface area is 82.7 Å². The van der Waals surface area contributed by atoms with E-state index in [1.165, 1.54) is 12.8 Å². The summed E-state index contributed by atoms with van der Waals surface area (Å²) in [7, 11) is 0. The third-order valence-electron chi connectivity index (χ3n) is 2.53. The fourth-order valence-electron chi connectivity index (χ4n) is 1.51. The van der Waals surface area contributed by atoms with Crippen LogP contribution in [-0.4, -0.2) is 9.17 Å². The molecule has 0 aromatic heterocycles. The highest BCUT2D eigenvalue weighted by Crippen LogP contribution is 2.36. The second-order valence-corrected chi connectivity index (χ2v) is 5.50. The number of hydrogen-bond acceptors (Lipinski definition) is 1. The molecule has 1 rings (SSSR count). The lowest BCUT2D eigenvalue weighted by molar-refractivity contribution is 0.338. The van der Waals surface area contributed by atoms with Crippen molar-refractivity contribution in [3.8, 4) is 0 Å². The van der Waals surface area contributed by atoms with Crippen LogP contribution in [0.2, 0.25) is 0 Å². The van der Waals surface area contributed by atoms with Crippen molar-refractivity contribution >= 4 is 35.2 Å². The van der Waals surface area contributed by atoms with Gasteiger partial charge in [-0.05, 0) is 24.7 Å². The topological polar surface area (TPSA) is 0 Å². The van der Waals surface area contributed by atoms with Crippen molar-refractivity contribution in [2.24, 2.45) is 11.8 Å². The monoisotopic (exact) mass is 270 g/mol. The number of halogens is 1. The van der Waals surface area contributed by atoms with Gasteiger partial charge in [-0.3, -0.25) is 0 Å². The van der Waals surface area contributed by atoms with Gasteiger partial charge in [0.1, 0.15) is 0 Å². The quantitative estimate of drug-likeness (QED) is 0.390. The van der Waals surface area contributed by atoms with Crippen molar-refractivity contribution in [3.05, 3.63) is 0 Å². The third kappa shape index (κ3) is 1.81. The third-order valence-corrected chi connectivity index (χ3v) is 5.93. The SMILES string of the molecule is CC1CCC(C)[C@H](I)C1S. The standard InChI is InChI=1S/C8H15IS/c1-5-3-4-6(2)8(10)7(5)9/h5-8,10H,3-4H2,1-2H3/t5?,6?,7-,8?/m0/s1. The average Bonchev–Trinajstić information content (AvgIpc) is 1.93. The predicted octanol–water partition coefficient (Wildman–Crippen LogP) is 3.15. The molecule has 3 unspecified atom stereocenters. The van der Waals surface area contributed by atoms with Gasteiger partial charge in [-0.1, -0.05) is 36.4 Å². The van der Waals surface area contributed by atoms with Gasteiger partial charge in [0.05, 0.1) is 0 Å². The Morgan fingerprint density at radius 1 is 1.20 bits per heavy atom. The molecule has 0 aromatic rings. The molecule has 0 N–H and O–H groups in total. The zero-order valence-electron chi connectivity index (χ0n) is 6.55. The molecule has 0 bridgehead atoms. The molecule has 1 saturated carbocycles. The molecule has 10 heavy (non-hydrogen) atoms. The summed E-state index contributed by atoms with van der Waals surface area (Å²) in [5.41, 5.74) is 0. The van der Waals surface area contributed by atoms with Crippen LogP contribution in [0.25, 0.3) is 0 Å². The summed E-state index contributed by atoms with van der Waals surface area (Å²) in [6.07, 6.45) is 2.76. The first-order valence-electron chi connectivity index (χ1n) is 3.95. The largest absolute Gasteiger partial charge is 0.175 e. The molecule has 0 amide bonds. The minimum absolute atomic E-state index is 0.629. The van der Waals surface area contributed by atoms with E-state index < -0.39 is 0 Å². The highest BCUT2D eigenvalue weighted by Gasteiger charge is 2.30. The van der Waals surface area contributed by atoms with Gasteiger partial charge in [0.2, 0.25) is 0 Å². The summed E-state index contributed by atoms with van der Waals surface area (Å²) in [6, 6.07) is 0. The molecular formula is C8H15IS. The van der Waals surface area contributed by atoms with Crippen LogP contribution in [0.4, 0.5) is 0 Å². The molecular weight excluding hydrogens is 255 g/mol. The van der Waals surface area contributed by atoms with E-state index in [0.717, 1.165) is 15.8 Å². The molecule has 1 fully saturated rings. The molecule has 0 aliphatic heterocycles. The van der Waals surface area contributed by atoms with E-state index in [1.807, 2.05) is 0 Å². The van der Waals surface area contributed by atoms with Gasteiger partial charge in [0.25, 0.3) is 0 Å². The van der Waals surface area contributed by atoms with E-state index in [-0.39, 0.29) is 0 Å². The fraction of sp³-hybridized carbons (Fsp3) is 1.00. The van der Waals surface area contributed by atoms with E-state index >= 15 is 0 Å². The van der Waals surface area contributed by atoms with Gasteiger partial charge >= 0.3 is 0 Å². The van der Waals surface area contributed by atoms with E-state index in [4.69, 9.17) is 0 Å². The summed E-state index contributed by atoms with van der Waals surface area (Å²) >= 11 is 7.15. The zero-order chi connectivity index (χ0) is 7.72. The minimum Gasteiger partial charge on any atom is -0.175 e. The second kappa shape index (κ2) is 3.65. The van der Waals surface area contributed by atoms with Crippen LogP contribution in [0, 0.1) is 11.8 Å². The van der Waals surface area contributed by atoms with Gasteiger partial charge < -0.3 is 0 Å². The zero-order valence-corrected chi connectivity index (χ0v) is 9.60. The Hall–Kier alpha value is 1.08. The summed E-state index contributed by atoms with van der Waals surface area (Å²) in [4.78, 5) is 0. The fourth-order valence-corrected chi connectivity index (χ4v) is 3.02. The lowest BCUT2D eigenvalue weighted by Crippen LogP contribution is -2.33. The first-order valence-corrected chi connectivity index (χ1v) is 5.71. The van der Waals surface area contributed by atoms with Crippen molar-refractivity contribution in [2.75, 3.05) is 0 Å². The van der Waals surface area contributed by atoms with Crippen LogP contribution >= 0.6 is 35.2 Å². The lowest BCUT2D eigenvalue weighted by Gasteiger charge is -2.34. The molecule has 60 valence electrons. The molecule has 0 nitrogen and oxygen atoms in total. The van der Waals surface area contributed by atoms with Crippen LogP contribution in [0.1, 0.15) is 26.7 Å². The van der Waals surface area contributed by atoms with Crippen molar-refractivity contribution in [1.29, 1.82) is 0 Å². The maximum absolute atomic E-state index is 4.60. The Morgan fingerprint density at radius 3 is 2.20 bits per heavy atom. The minimum atomic E-state index is 0.629. The molecule has 0 saturated heterocycles. The number of hydrogen-bond donors (Lipinski definition) is 1.